The summed E-state index contributed by atoms with van der Waals surface area (Å²) in [5, 5.41) is 8.17. The normalized spacial score (nSPS) is 11.4. The van der Waals surface area contributed by atoms with Gasteiger partial charge in [-0.05, 0) is 31.1 Å². The molecule has 2 aromatic rings. The molecule has 2 rings (SSSR count). The van der Waals surface area contributed by atoms with Gasteiger partial charge in [-0.25, -0.2) is 0 Å². The number of para-hydroxylation sites is 1. The molecule has 0 radical (unpaired) electrons. The van der Waals surface area contributed by atoms with Gasteiger partial charge in [0.2, 0.25) is 5.91 Å². The molecule has 0 spiro atoms. The monoisotopic (exact) mass is 351 g/mol. The third-order valence-corrected chi connectivity index (χ3v) is 3.91. The highest BCUT2D eigenvalue weighted by molar-refractivity contribution is 6.34. The Bertz CT molecular complexity index is 735. The Morgan fingerprint density at radius 3 is 2.70 bits per heavy atom. The van der Waals surface area contributed by atoms with E-state index >= 15 is 0 Å². The van der Waals surface area contributed by atoms with E-state index in [-0.39, 0.29) is 5.91 Å². The van der Waals surface area contributed by atoms with Gasteiger partial charge in [-0.1, -0.05) is 49.2 Å². The Labute approximate surface area is 146 Å². The number of carbonyl (C=O) groups is 1. The molecule has 1 heterocycles. The van der Waals surface area contributed by atoms with Crippen LogP contribution in [0.25, 0.3) is 6.08 Å². The summed E-state index contributed by atoms with van der Waals surface area (Å²) in [5.41, 5.74) is 2.11. The van der Waals surface area contributed by atoms with Crippen molar-refractivity contribution in [1.29, 1.82) is 0 Å². The van der Waals surface area contributed by atoms with Gasteiger partial charge in [0.1, 0.15) is 5.15 Å². The minimum absolute atomic E-state index is 0.273. The van der Waals surface area contributed by atoms with Crippen LogP contribution in [0.5, 0.6) is 0 Å². The van der Waals surface area contributed by atoms with E-state index in [0.29, 0.717) is 21.8 Å². The summed E-state index contributed by atoms with van der Waals surface area (Å²) in [7, 11) is 0. The first-order valence-electron chi connectivity index (χ1n) is 7.35. The molecule has 122 valence electrons. The lowest BCUT2D eigenvalue weighted by Gasteiger charge is -2.05. The van der Waals surface area contributed by atoms with Crippen LogP contribution < -0.4 is 5.32 Å². The quantitative estimate of drug-likeness (QED) is 0.786. The Morgan fingerprint density at radius 2 is 2.04 bits per heavy atom. The molecule has 0 unspecified atom stereocenters. The van der Waals surface area contributed by atoms with E-state index < -0.39 is 0 Å². The van der Waals surface area contributed by atoms with Gasteiger partial charge in [0, 0.05) is 18.2 Å². The zero-order chi connectivity index (χ0) is 17.0. The lowest BCUT2D eigenvalue weighted by atomic mass is 10.2. The summed E-state index contributed by atoms with van der Waals surface area (Å²) in [4.78, 5) is 12.0. The van der Waals surface area contributed by atoms with Gasteiger partial charge < -0.3 is 5.32 Å². The van der Waals surface area contributed by atoms with Crippen molar-refractivity contribution in [2.75, 3.05) is 5.32 Å². The fourth-order valence-corrected chi connectivity index (χ4v) is 2.61. The molecule has 0 bridgehead atoms. The zero-order valence-corrected chi connectivity index (χ0v) is 14.8. The number of halogens is 2. The van der Waals surface area contributed by atoms with Gasteiger partial charge in [-0.2, -0.15) is 5.10 Å². The number of carbonyl (C=O) groups excluding carboxylic acids is 1. The molecule has 0 aliphatic rings. The molecule has 4 nitrogen and oxygen atoms in total. The smallest absolute Gasteiger partial charge is 0.248 e. The van der Waals surface area contributed by atoms with Crippen LogP contribution in [0.2, 0.25) is 10.2 Å². The predicted molar refractivity (Wildman–Crippen MR) is 95.9 cm³/mol. The fraction of sp³-hybridized carbons (Fsp3) is 0.294. The topological polar surface area (TPSA) is 46.9 Å². The summed E-state index contributed by atoms with van der Waals surface area (Å²) in [6.45, 7) is 6.80. The van der Waals surface area contributed by atoms with Gasteiger partial charge in [-0.15, -0.1) is 0 Å². The van der Waals surface area contributed by atoms with Crippen molar-refractivity contribution in [1.82, 2.24) is 9.78 Å². The number of hydrogen-bond acceptors (Lipinski definition) is 2. The first-order chi connectivity index (χ1) is 10.9. The zero-order valence-electron chi connectivity index (χ0n) is 13.3. The Morgan fingerprint density at radius 1 is 1.35 bits per heavy atom. The highest BCUT2D eigenvalue weighted by atomic mass is 35.5. The number of nitrogens with one attached hydrogen (secondary N) is 1. The Hall–Kier alpha value is -1.78. The molecule has 0 aliphatic carbocycles. The number of nitrogens with zero attached hydrogens (tertiary/aromatic N) is 2. The maximum absolute atomic E-state index is 12.0. The van der Waals surface area contributed by atoms with Crippen LogP contribution in [-0.4, -0.2) is 15.7 Å². The number of aromatic nitrogens is 2. The van der Waals surface area contributed by atoms with Gasteiger partial charge in [0.05, 0.1) is 16.4 Å². The summed E-state index contributed by atoms with van der Waals surface area (Å²) in [5.74, 6) is 0.164. The number of hydrogen-bond donors (Lipinski definition) is 1. The maximum atomic E-state index is 12.0. The second-order valence-corrected chi connectivity index (χ2v) is 6.43. The predicted octanol–water partition coefficient (Wildman–Crippen LogP) is 4.81. The first kappa shape index (κ1) is 17.6. The number of anilines is 1. The van der Waals surface area contributed by atoms with E-state index in [0.717, 1.165) is 17.8 Å². The van der Waals surface area contributed by atoms with E-state index in [4.69, 9.17) is 23.2 Å². The van der Waals surface area contributed by atoms with Crippen molar-refractivity contribution in [2.45, 2.75) is 27.3 Å². The van der Waals surface area contributed by atoms with E-state index in [2.05, 4.69) is 24.3 Å². The number of benzene rings is 1. The lowest BCUT2D eigenvalue weighted by molar-refractivity contribution is -0.111. The highest BCUT2D eigenvalue weighted by Gasteiger charge is 2.12. The van der Waals surface area contributed by atoms with Gasteiger partial charge in [0.15, 0.2) is 0 Å². The van der Waals surface area contributed by atoms with Crippen LogP contribution in [0.1, 0.15) is 25.1 Å². The molecule has 1 amide bonds. The standard InChI is InChI=1S/C17H19Cl2N3O/c1-11(2)10-22-17(19)13(12(3)21-22)8-9-16(23)20-15-7-5-4-6-14(15)18/h4-9,11H,10H2,1-3H3,(H,20,23)/b9-8+. The number of amides is 1. The van der Waals surface area contributed by atoms with E-state index in [1.54, 1.807) is 29.0 Å². The third-order valence-electron chi connectivity index (χ3n) is 3.18. The van der Waals surface area contributed by atoms with Crippen LogP contribution in [-0.2, 0) is 11.3 Å². The molecular weight excluding hydrogens is 333 g/mol. The minimum Gasteiger partial charge on any atom is -0.321 e. The SMILES string of the molecule is Cc1nn(CC(C)C)c(Cl)c1/C=C/C(=O)Nc1ccccc1Cl. The highest BCUT2D eigenvalue weighted by Crippen LogP contribution is 2.23. The number of rotatable bonds is 5. The maximum Gasteiger partial charge on any atom is 0.248 e. The van der Waals surface area contributed by atoms with Crippen molar-refractivity contribution in [3.63, 3.8) is 0 Å². The molecule has 0 saturated carbocycles. The minimum atomic E-state index is -0.273. The molecule has 1 N–H and O–H groups in total. The summed E-state index contributed by atoms with van der Waals surface area (Å²) < 4.78 is 1.76. The summed E-state index contributed by atoms with van der Waals surface area (Å²) in [6, 6.07) is 7.08. The fourth-order valence-electron chi connectivity index (χ4n) is 2.12. The Kier molecular flexibility index (Phi) is 5.85. The molecule has 1 aromatic heterocycles. The summed E-state index contributed by atoms with van der Waals surface area (Å²) >= 11 is 12.4. The van der Waals surface area contributed by atoms with Crippen LogP contribution in [0.4, 0.5) is 5.69 Å². The average molecular weight is 352 g/mol. The molecule has 0 aliphatic heterocycles. The van der Waals surface area contributed by atoms with Gasteiger partial charge >= 0.3 is 0 Å². The molecule has 0 fully saturated rings. The van der Waals surface area contributed by atoms with Gasteiger partial charge in [-0.3, -0.25) is 9.48 Å². The van der Waals surface area contributed by atoms with Crippen LogP contribution >= 0.6 is 23.2 Å². The molecule has 23 heavy (non-hydrogen) atoms. The van der Waals surface area contributed by atoms with Crippen LogP contribution in [0, 0.1) is 12.8 Å². The second-order valence-electron chi connectivity index (χ2n) is 5.67. The van der Waals surface area contributed by atoms with Crippen molar-refractivity contribution < 1.29 is 4.79 Å². The lowest BCUT2D eigenvalue weighted by Crippen LogP contribution is -2.08. The molecule has 0 atom stereocenters. The summed E-state index contributed by atoms with van der Waals surface area (Å²) in [6.07, 6.45) is 3.10. The molecule has 1 aromatic carbocycles. The number of aryl methyl sites for hydroxylation is 1. The largest absolute Gasteiger partial charge is 0.321 e. The molecule has 0 saturated heterocycles. The van der Waals surface area contributed by atoms with E-state index in [1.165, 1.54) is 6.08 Å². The van der Waals surface area contributed by atoms with Crippen molar-refractivity contribution in [2.24, 2.45) is 5.92 Å². The average Bonchev–Trinajstić information content (AvgIpc) is 2.73. The van der Waals surface area contributed by atoms with Gasteiger partial charge in [0.25, 0.3) is 0 Å². The van der Waals surface area contributed by atoms with E-state index in [1.807, 2.05) is 13.0 Å². The first-order valence-corrected chi connectivity index (χ1v) is 8.10. The molecule has 6 heteroatoms. The van der Waals surface area contributed by atoms with Crippen molar-refractivity contribution in [3.05, 3.63) is 51.8 Å². The van der Waals surface area contributed by atoms with Crippen molar-refractivity contribution >= 4 is 40.9 Å². The third kappa shape index (κ3) is 4.60. The second kappa shape index (κ2) is 7.66. The Balaban J connectivity index is 2.12. The van der Waals surface area contributed by atoms with Crippen molar-refractivity contribution in [3.8, 4) is 0 Å². The van der Waals surface area contributed by atoms with Crippen LogP contribution in [0.3, 0.4) is 0 Å². The van der Waals surface area contributed by atoms with Crippen LogP contribution in [0.15, 0.2) is 30.3 Å². The van der Waals surface area contributed by atoms with E-state index in [9.17, 15) is 4.79 Å². The molecular formula is C17H19Cl2N3O.